The highest BCUT2D eigenvalue weighted by Gasteiger charge is 2.08. The molecule has 0 radical (unpaired) electrons. The highest BCUT2D eigenvalue weighted by Crippen LogP contribution is 2.27. The maximum Gasteiger partial charge on any atom is 0.221 e. The monoisotopic (exact) mass is 328 g/mol. The zero-order valence-corrected chi connectivity index (χ0v) is 14.6. The number of benzene rings is 2. The van der Waals surface area contributed by atoms with Gasteiger partial charge >= 0.3 is 0 Å². The smallest absolute Gasteiger partial charge is 0.221 e. The summed E-state index contributed by atoms with van der Waals surface area (Å²) >= 11 is 0. The van der Waals surface area contributed by atoms with E-state index in [0.29, 0.717) is 6.54 Å². The van der Waals surface area contributed by atoms with Crippen LogP contribution in [0.3, 0.4) is 0 Å². The van der Waals surface area contributed by atoms with Crippen LogP contribution in [0.2, 0.25) is 0 Å². The Kier molecular flexibility index (Phi) is 6.21. The van der Waals surface area contributed by atoms with Crippen LogP contribution >= 0.6 is 0 Å². The highest BCUT2D eigenvalue weighted by atomic mass is 16.5. The average molecular weight is 328 g/mol. The van der Waals surface area contributed by atoms with Gasteiger partial charge in [0.1, 0.15) is 0 Å². The number of carbonyl (C=O) groups is 1. The highest BCUT2D eigenvalue weighted by molar-refractivity contribution is 5.88. The summed E-state index contributed by atoms with van der Waals surface area (Å²) in [5.74, 6) is 1.37. The second kappa shape index (κ2) is 8.36. The van der Waals surface area contributed by atoms with Crippen molar-refractivity contribution in [3.8, 4) is 11.5 Å². The molecule has 0 bridgehead atoms. The molecule has 0 spiro atoms. The van der Waals surface area contributed by atoms with Crippen LogP contribution in [0.1, 0.15) is 31.0 Å². The van der Waals surface area contributed by atoms with E-state index in [4.69, 9.17) is 9.47 Å². The lowest BCUT2D eigenvalue weighted by atomic mass is 10.1. The van der Waals surface area contributed by atoms with E-state index in [2.05, 4.69) is 17.6 Å². The summed E-state index contributed by atoms with van der Waals surface area (Å²) in [6.07, 6.45) is 0. The molecule has 0 aliphatic carbocycles. The first-order chi connectivity index (χ1) is 11.5. The normalized spacial score (nSPS) is 11.7. The third-order valence-corrected chi connectivity index (χ3v) is 3.77. The largest absolute Gasteiger partial charge is 0.493 e. The van der Waals surface area contributed by atoms with Crippen molar-refractivity contribution in [3.63, 3.8) is 0 Å². The molecule has 0 aliphatic heterocycles. The lowest BCUT2D eigenvalue weighted by Gasteiger charge is -2.16. The molecule has 5 nitrogen and oxygen atoms in total. The maximum atomic E-state index is 11.2. The first-order valence-electron chi connectivity index (χ1n) is 7.85. The molecule has 0 saturated carbocycles. The fraction of sp³-hybridized carbons (Fsp3) is 0.316. The summed E-state index contributed by atoms with van der Waals surface area (Å²) in [6, 6.07) is 13.9. The summed E-state index contributed by atoms with van der Waals surface area (Å²) in [5.41, 5.74) is 3.03. The number of rotatable bonds is 7. The Bertz CT molecular complexity index is 701. The van der Waals surface area contributed by atoms with Gasteiger partial charge in [-0.2, -0.15) is 0 Å². The van der Waals surface area contributed by atoms with Crippen molar-refractivity contribution in [2.45, 2.75) is 26.4 Å². The second-order valence-electron chi connectivity index (χ2n) is 5.60. The zero-order chi connectivity index (χ0) is 17.5. The molecule has 0 saturated heterocycles. The molecule has 2 aromatic rings. The van der Waals surface area contributed by atoms with Crippen LogP contribution in [-0.4, -0.2) is 20.1 Å². The molecule has 5 heteroatoms. The lowest BCUT2D eigenvalue weighted by molar-refractivity contribution is -0.114. The lowest BCUT2D eigenvalue weighted by Crippen LogP contribution is -2.18. The van der Waals surface area contributed by atoms with Crippen LogP contribution in [0.5, 0.6) is 11.5 Å². The van der Waals surface area contributed by atoms with E-state index in [0.717, 1.165) is 28.3 Å². The fourth-order valence-electron chi connectivity index (χ4n) is 2.47. The number of methoxy groups -OCH3 is 2. The number of amides is 1. The van der Waals surface area contributed by atoms with Crippen LogP contribution in [0.25, 0.3) is 0 Å². The summed E-state index contributed by atoms with van der Waals surface area (Å²) in [4.78, 5) is 11.2. The summed E-state index contributed by atoms with van der Waals surface area (Å²) in [7, 11) is 3.26. The first-order valence-corrected chi connectivity index (χ1v) is 7.85. The van der Waals surface area contributed by atoms with E-state index in [9.17, 15) is 4.79 Å². The Morgan fingerprint density at radius 3 is 2.50 bits per heavy atom. The van der Waals surface area contributed by atoms with Gasteiger partial charge in [0.15, 0.2) is 11.5 Å². The molecular formula is C19H24N2O3. The van der Waals surface area contributed by atoms with Gasteiger partial charge in [-0.25, -0.2) is 0 Å². The van der Waals surface area contributed by atoms with E-state index < -0.39 is 0 Å². The summed E-state index contributed by atoms with van der Waals surface area (Å²) < 4.78 is 10.6. The maximum absolute atomic E-state index is 11.2. The Hall–Kier alpha value is -2.53. The molecule has 1 unspecified atom stereocenters. The van der Waals surface area contributed by atoms with Crippen LogP contribution < -0.4 is 20.1 Å². The van der Waals surface area contributed by atoms with Gasteiger partial charge in [0.25, 0.3) is 0 Å². The average Bonchev–Trinajstić information content (AvgIpc) is 2.59. The number of anilines is 1. The molecule has 0 aromatic heterocycles. The van der Waals surface area contributed by atoms with Gasteiger partial charge in [-0.1, -0.05) is 18.2 Å². The quantitative estimate of drug-likeness (QED) is 0.816. The van der Waals surface area contributed by atoms with E-state index in [1.54, 1.807) is 14.2 Å². The molecule has 2 aromatic carbocycles. The van der Waals surface area contributed by atoms with Crippen LogP contribution in [0.15, 0.2) is 42.5 Å². The molecule has 0 heterocycles. The Balaban J connectivity index is 2.02. The van der Waals surface area contributed by atoms with Crippen molar-refractivity contribution < 1.29 is 14.3 Å². The van der Waals surface area contributed by atoms with Gasteiger partial charge in [-0.3, -0.25) is 4.79 Å². The van der Waals surface area contributed by atoms with Gasteiger partial charge in [-0.05, 0) is 42.3 Å². The minimum atomic E-state index is -0.0712. The number of ether oxygens (including phenoxy) is 2. The van der Waals surface area contributed by atoms with Crippen molar-refractivity contribution >= 4 is 11.6 Å². The number of hydrogen-bond donors (Lipinski definition) is 2. The van der Waals surface area contributed by atoms with Crippen LogP contribution in [0.4, 0.5) is 5.69 Å². The second-order valence-corrected chi connectivity index (χ2v) is 5.60. The van der Waals surface area contributed by atoms with Crippen LogP contribution in [0, 0.1) is 0 Å². The molecule has 24 heavy (non-hydrogen) atoms. The SMILES string of the molecule is COc1ccc(CNC(C)c2cccc(NC(C)=O)c2)cc1OC. The predicted octanol–water partition coefficient (Wildman–Crippen LogP) is 3.51. The number of nitrogens with one attached hydrogen (secondary N) is 2. The fourth-order valence-corrected chi connectivity index (χ4v) is 2.47. The Labute approximate surface area is 143 Å². The molecule has 2 N–H and O–H groups in total. The van der Waals surface area contributed by atoms with Gasteiger partial charge in [0.05, 0.1) is 14.2 Å². The first kappa shape index (κ1) is 17.8. The van der Waals surface area contributed by atoms with Crippen molar-refractivity contribution in [2.24, 2.45) is 0 Å². The van der Waals surface area contributed by atoms with Crippen molar-refractivity contribution in [1.29, 1.82) is 0 Å². The summed E-state index contributed by atoms with van der Waals surface area (Å²) in [6.45, 7) is 4.30. The summed E-state index contributed by atoms with van der Waals surface area (Å²) in [5, 5.41) is 6.28. The Morgan fingerprint density at radius 2 is 1.83 bits per heavy atom. The predicted molar refractivity (Wildman–Crippen MR) is 95.5 cm³/mol. The standard InChI is InChI=1S/C19H24N2O3/c1-13(16-6-5-7-17(11-16)21-14(2)22)20-12-15-8-9-18(23-3)19(10-15)24-4/h5-11,13,20H,12H2,1-4H3,(H,21,22). The number of carbonyl (C=O) groups excluding carboxylic acids is 1. The molecule has 2 rings (SSSR count). The van der Waals surface area contributed by atoms with Gasteiger partial charge in [-0.15, -0.1) is 0 Å². The van der Waals surface area contributed by atoms with Gasteiger partial charge in [0.2, 0.25) is 5.91 Å². The Morgan fingerprint density at radius 1 is 1.08 bits per heavy atom. The van der Waals surface area contributed by atoms with Gasteiger partial charge < -0.3 is 20.1 Å². The zero-order valence-electron chi connectivity index (χ0n) is 14.6. The molecule has 1 amide bonds. The topological polar surface area (TPSA) is 59.6 Å². The molecule has 128 valence electrons. The third kappa shape index (κ3) is 4.73. The van der Waals surface area contributed by atoms with Crippen molar-refractivity contribution in [1.82, 2.24) is 5.32 Å². The molecular weight excluding hydrogens is 304 g/mol. The number of hydrogen-bond acceptors (Lipinski definition) is 4. The van der Waals surface area contributed by atoms with Gasteiger partial charge in [0, 0.05) is 25.2 Å². The molecule has 0 fully saturated rings. The minimum Gasteiger partial charge on any atom is -0.493 e. The minimum absolute atomic E-state index is 0.0712. The van der Waals surface area contributed by atoms with Crippen LogP contribution in [-0.2, 0) is 11.3 Å². The van der Waals surface area contributed by atoms with E-state index in [1.807, 2.05) is 42.5 Å². The molecule has 0 aliphatic rings. The van der Waals surface area contributed by atoms with E-state index >= 15 is 0 Å². The van der Waals surface area contributed by atoms with Crippen molar-refractivity contribution in [3.05, 3.63) is 53.6 Å². The van der Waals surface area contributed by atoms with E-state index in [1.165, 1.54) is 6.92 Å². The molecule has 1 atom stereocenters. The third-order valence-electron chi connectivity index (χ3n) is 3.77. The van der Waals surface area contributed by atoms with Crippen molar-refractivity contribution in [2.75, 3.05) is 19.5 Å². The van der Waals surface area contributed by atoms with E-state index in [-0.39, 0.29) is 11.9 Å².